The quantitative estimate of drug-likeness (QED) is 0.664. The summed E-state index contributed by atoms with van der Waals surface area (Å²) in [6, 6.07) is 6.56. The number of nitrogens with one attached hydrogen (secondary N) is 3. The molecule has 1 aromatic carbocycles. The van der Waals surface area contributed by atoms with Gasteiger partial charge in [0.25, 0.3) is 11.8 Å². The van der Waals surface area contributed by atoms with E-state index in [9.17, 15) is 19.2 Å². The fourth-order valence-electron chi connectivity index (χ4n) is 1.96. The Labute approximate surface area is 157 Å². The molecule has 138 valence electrons. The summed E-state index contributed by atoms with van der Waals surface area (Å²) in [6.45, 7) is 0.863. The number of carbonyl (C=O) groups is 4. The van der Waals surface area contributed by atoms with E-state index in [0.29, 0.717) is 5.02 Å². The van der Waals surface area contributed by atoms with Crippen LogP contribution in [0.15, 0.2) is 24.3 Å². The summed E-state index contributed by atoms with van der Waals surface area (Å²) in [5.41, 5.74) is 0. The second kappa shape index (κ2) is 8.63. The molecule has 0 saturated carbocycles. The lowest BCUT2D eigenvalue weighted by molar-refractivity contribution is -0.153. The van der Waals surface area contributed by atoms with Crippen molar-refractivity contribution in [2.24, 2.45) is 0 Å². The van der Waals surface area contributed by atoms with Crippen molar-refractivity contribution in [3.8, 4) is 0 Å². The van der Waals surface area contributed by atoms with Crippen molar-refractivity contribution in [3.63, 3.8) is 0 Å². The summed E-state index contributed by atoms with van der Waals surface area (Å²) in [4.78, 5) is 46.9. The minimum absolute atomic E-state index is 0.283. The Kier molecular flexibility index (Phi) is 6.53. The summed E-state index contributed by atoms with van der Waals surface area (Å²) in [7, 11) is 1.34. The van der Waals surface area contributed by atoms with Crippen molar-refractivity contribution in [1.29, 1.82) is 0 Å². The Morgan fingerprint density at radius 1 is 1.23 bits per heavy atom. The van der Waals surface area contributed by atoms with Crippen LogP contribution in [0.4, 0.5) is 4.79 Å². The molecule has 0 aliphatic carbocycles. The minimum Gasteiger partial charge on any atom is -0.451 e. The molecule has 0 spiro atoms. The Morgan fingerprint density at radius 3 is 2.58 bits per heavy atom. The van der Waals surface area contributed by atoms with Crippen LogP contribution in [0.1, 0.15) is 16.6 Å². The van der Waals surface area contributed by atoms with E-state index in [1.165, 1.54) is 25.3 Å². The van der Waals surface area contributed by atoms with E-state index < -0.39 is 36.5 Å². The number of rotatable bonds is 5. The van der Waals surface area contributed by atoms with E-state index in [1.54, 1.807) is 6.07 Å². The zero-order valence-electron chi connectivity index (χ0n) is 13.9. The van der Waals surface area contributed by atoms with Gasteiger partial charge in [-0.15, -0.1) is 11.3 Å². The Balaban J connectivity index is 1.90. The third kappa shape index (κ3) is 4.70. The molecule has 2 rings (SSSR count). The molecule has 0 aliphatic heterocycles. The molecule has 1 atom stereocenters. The second-order valence-corrected chi connectivity index (χ2v) is 6.55. The molecule has 3 N–H and O–H groups in total. The molecule has 0 bridgehead atoms. The normalized spacial score (nSPS) is 11.5. The van der Waals surface area contributed by atoms with Gasteiger partial charge < -0.3 is 15.4 Å². The number of imide groups is 1. The number of hydrogen-bond donors (Lipinski definition) is 3. The predicted molar refractivity (Wildman–Crippen MR) is 97.3 cm³/mol. The van der Waals surface area contributed by atoms with E-state index in [1.807, 2.05) is 23.5 Å². The highest BCUT2D eigenvalue weighted by atomic mass is 35.5. The van der Waals surface area contributed by atoms with Crippen LogP contribution in [-0.4, -0.2) is 43.5 Å². The fourth-order valence-corrected chi connectivity index (χ4v) is 3.39. The molecule has 8 nitrogen and oxygen atoms in total. The first-order valence-electron chi connectivity index (χ1n) is 7.50. The van der Waals surface area contributed by atoms with Crippen molar-refractivity contribution in [2.75, 3.05) is 13.6 Å². The number of thiophene rings is 1. The van der Waals surface area contributed by atoms with Crippen LogP contribution in [-0.2, 0) is 14.3 Å². The van der Waals surface area contributed by atoms with Gasteiger partial charge in [-0.2, -0.15) is 0 Å². The summed E-state index contributed by atoms with van der Waals surface area (Å²) < 4.78 is 5.71. The maximum atomic E-state index is 12.2. The Bertz CT molecular complexity index is 867. The fraction of sp³-hybridized carbons (Fsp3) is 0.250. The number of ether oxygens (including phenoxy) is 1. The molecule has 0 fully saturated rings. The van der Waals surface area contributed by atoms with E-state index in [0.717, 1.165) is 10.1 Å². The van der Waals surface area contributed by atoms with Gasteiger partial charge in [-0.25, -0.2) is 4.79 Å². The topological polar surface area (TPSA) is 114 Å². The molecule has 0 aliphatic rings. The van der Waals surface area contributed by atoms with Crippen LogP contribution < -0.4 is 16.0 Å². The highest BCUT2D eigenvalue weighted by molar-refractivity contribution is 7.21. The van der Waals surface area contributed by atoms with Gasteiger partial charge in [-0.1, -0.05) is 29.8 Å². The third-order valence-corrected chi connectivity index (χ3v) is 4.95. The van der Waals surface area contributed by atoms with E-state index >= 15 is 0 Å². The number of amides is 4. The average molecular weight is 398 g/mol. The first kappa shape index (κ1) is 19.7. The Hall–Kier alpha value is -2.65. The van der Waals surface area contributed by atoms with Crippen LogP contribution in [0.25, 0.3) is 10.1 Å². The van der Waals surface area contributed by atoms with Crippen LogP contribution in [0.3, 0.4) is 0 Å². The van der Waals surface area contributed by atoms with E-state index in [-0.39, 0.29) is 4.88 Å². The van der Waals surface area contributed by atoms with E-state index in [4.69, 9.17) is 16.3 Å². The summed E-state index contributed by atoms with van der Waals surface area (Å²) >= 11 is 7.41. The first-order chi connectivity index (χ1) is 12.3. The lowest BCUT2D eigenvalue weighted by atomic mass is 10.2. The van der Waals surface area contributed by atoms with Gasteiger partial charge in [0, 0.05) is 17.1 Å². The molecule has 0 unspecified atom stereocenters. The third-order valence-electron chi connectivity index (χ3n) is 3.28. The first-order valence-corrected chi connectivity index (χ1v) is 8.70. The van der Waals surface area contributed by atoms with Crippen molar-refractivity contribution in [2.45, 2.75) is 13.0 Å². The monoisotopic (exact) mass is 397 g/mol. The number of benzene rings is 1. The van der Waals surface area contributed by atoms with Crippen LogP contribution in [0.2, 0.25) is 5.02 Å². The zero-order chi connectivity index (χ0) is 19.3. The molecule has 26 heavy (non-hydrogen) atoms. The van der Waals surface area contributed by atoms with Crippen molar-refractivity contribution in [1.82, 2.24) is 16.0 Å². The summed E-state index contributed by atoms with van der Waals surface area (Å²) in [6.07, 6.45) is -1.19. The van der Waals surface area contributed by atoms with Crippen molar-refractivity contribution in [3.05, 3.63) is 34.2 Å². The highest BCUT2D eigenvalue weighted by Crippen LogP contribution is 2.34. The number of urea groups is 1. The number of esters is 1. The highest BCUT2D eigenvalue weighted by Gasteiger charge is 2.21. The maximum Gasteiger partial charge on any atom is 0.326 e. The molecule has 0 saturated heterocycles. The molecular formula is C16H16ClN3O5S. The second-order valence-electron chi connectivity index (χ2n) is 5.12. The molecule has 0 radical (unpaired) electrons. The SMILES string of the molecule is CNC(=O)NC(=O)[C@H](C)OC(=O)CNC(=O)c1sc2ccccc2c1Cl. The summed E-state index contributed by atoms with van der Waals surface area (Å²) in [5.74, 6) is -2.12. The van der Waals surface area contributed by atoms with Gasteiger partial charge in [0.15, 0.2) is 6.10 Å². The Morgan fingerprint density at radius 2 is 1.92 bits per heavy atom. The lowest BCUT2D eigenvalue weighted by Crippen LogP contribution is -2.44. The predicted octanol–water partition coefficient (Wildman–Crippen LogP) is 1.67. The standard InChI is InChI=1S/C16H16ClN3O5S/c1-8(14(22)20-16(24)18-2)25-11(21)7-19-15(23)13-12(17)9-5-3-4-6-10(9)26-13/h3-6,8H,7H2,1-2H3,(H,19,23)(H2,18,20,22,24)/t8-/m0/s1. The average Bonchev–Trinajstić information content (AvgIpc) is 2.96. The zero-order valence-corrected chi connectivity index (χ0v) is 15.5. The van der Waals surface area contributed by atoms with Gasteiger partial charge in [0.05, 0.1) is 5.02 Å². The number of fused-ring (bicyclic) bond motifs is 1. The minimum atomic E-state index is -1.19. The molecule has 2 aromatic rings. The summed E-state index contributed by atoms with van der Waals surface area (Å²) in [5, 5.41) is 7.65. The van der Waals surface area contributed by atoms with Gasteiger partial charge in [-0.05, 0) is 13.0 Å². The van der Waals surface area contributed by atoms with Gasteiger partial charge in [0.1, 0.15) is 11.4 Å². The number of carbonyl (C=O) groups excluding carboxylic acids is 4. The molecule has 4 amide bonds. The smallest absolute Gasteiger partial charge is 0.326 e. The van der Waals surface area contributed by atoms with E-state index in [2.05, 4.69) is 10.6 Å². The van der Waals surface area contributed by atoms with Gasteiger partial charge in [0.2, 0.25) is 0 Å². The van der Waals surface area contributed by atoms with Crippen LogP contribution >= 0.6 is 22.9 Å². The molecule has 1 heterocycles. The number of halogens is 1. The molecule has 1 aromatic heterocycles. The van der Waals surface area contributed by atoms with Crippen LogP contribution in [0, 0.1) is 0 Å². The van der Waals surface area contributed by atoms with Crippen molar-refractivity contribution >= 4 is 56.8 Å². The van der Waals surface area contributed by atoms with Gasteiger partial charge in [-0.3, -0.25) is 19.7 Å². The van der Waals surface area contributed by atoms with Gasteiger partial charge >= 0.3 is 12.0 Å². The maximum absolute atomic E-state index is 12.2. The van der Waals surface area contributed by atoms with Crippen LogP contribution in [0.5, 0.6) is 0 Å². The lowest BCUT2D eigenvalue weighted by Gasteiger charge is -2.12. The largest absolute Gasteiger partial charge is 0.451 e. The van der Waals surface area contributed by atoms with Crippen molar-refractivity contribution < 1.29 is 23.9 Å². The molecular weight excluding hydrogens is 382 g/mol. The number of hydrogen-bond acceptors (Lipinski definition) is 6. The molecule has 10 heteroatoms.